The third-order valence-electron chi connectivity index (χ3n) is 9.57. The SMILES string of the molecule is COc1nc(-c2cccc(-c3cccc(-c4ccn5c(=O)c(CNCC6(C(=O)O)COC6)cnc5c4)c3Cl)c2Cl)ccc1CNC[C@H]1CCC(=O)N1. The number of methoxy groups -OCH3 is 1. The van der Waals surface area contributed by atoms with Crippen LogP contribution in [-0.4, -0.2) is 70.8 Å². The van der Waals surface area contributed by atoms with Gasteiger partial charge in [0.15, 0.2) is 0 Å². The van der Waals surface area contributed by atoms with Crippen LogP contribution < -0.4 is 26.2 Å². The molecule has 2 aliphatic rings. The highest BCUT2D eigenvalue weighted by Crippen LogP contribution is 2.42. The lowest BCUT2D eigenvalue weighted by Gasteiger charge is -2.37. The molecule has 5 aromatic rings. The van der Waals surface area contributed by atoms with Gasteiger partial charge in [-0.2, -0.15) is 0 Å². The minimum atomic E-state index is -0.972. The summed E-state index contributed by atoms with van der Waals surface area (Å²) in [5.41, 5.74) is 4.80. The average molecular weight is 744 g/mol. The number of carbonyl (C=O) groups excluding carboxylic acids is 1. The molecule has 14 heteroatoms. The van der Waals surface area contributed by atoms with Gasteiger partial charge >= 0.3 is 5.97 Å². The number of ether oxygens (including phenoxy) is 2. The molecule has 0 radical (unpaired) electrons. The Kier molecular flexibility index (Phi) is 10.3. The molecule has 7 rings (SSSR count). The Morgan fingerprint density at radius 2 is 1.71 bits per heavy atom. The summed E-state index contributed by atoms with van der Waals surface area (Å²) in [7, 11) is 1.58. The molecule has 0 saturated carbocycles. The van der Waals surface area contributed by atoms with Crippen LogP contribution in [0.4, 0.5) is 0 Å². The second-order valence-corrected chi connectivity index (χ2v) is 13.8. The van der Waals surface area contributed by atoms with E-state index in [0.717, 1.165) is 34.2 Å². The lowest BCUT2D eigenvalue weighted by Crippen LogP contribution is -2.55. The fourth-order valence-electron chi connectivity index (χ4n) is 6.53. The van der Waals surface area contributed by atoms with Crippen LogP contribution in [0.3, 0.4) is 0 Å². The number of benzene rings is 2. The van der Waals surface area contributed by atoms with Crippen LogP contribution in [0, 0.1) is 5.41 Å². The second kappa shape index (κ2) is 15.0. The molecule has 0 bridgehead atoms. The van der Waals surface area contributed by atoms with E-state index in [1.165, 1.54) is 10.6 Å². The van der Waals surface area contributed by atoms with Crippen molar-refractivity contribution < 1.29 is 24.2 Å². The number of nitrogens with one attached hydrogen (secondary N) is 3. The van der Waals surface area contributed by atoms with Crippen molar-refractivity contribution in [3.05, 3.63) is 105 Å². The number of pyridine rings is 2. The Balaban J connectivity index is 1.11. The molecule has 268 valence electrons. The Morgan fingerprint density at radius 1 is 1.00 bits per heavy atom. The first-order valence-corrected chi connectivity index (χ1v) is 17.6. The Bertz CT molecular complexity index is 2240. The lowest BCUT2D eigenvalue weighted by atomic mass is 9.86. The van der Waals surface area contributed by atoms with Gasteiger partial charge in [0.25, 0.3) is 5.56 Å². The number of aromatic nitrogens is 3. The minimum absolute atomic E-state index is 0.0849. The fourth-order valence-corrected chi connectivity index (χ4v) is 7.19. The number of carboxylic acids is 1. The first-order valence-electron chi connectivity index (χ1n) is 16.8. The van der Waals surface area contributed by atoms with Crippen LogP contribution >= 0.6 is 23.2 Å². The van der Waals surface area contributed by atoms with Gasteiger partial charge in [0.1, 0.15) is 11.1 Å². The van der Waals surface area contributed by atoms with Crippen LogP contribution in [0.15, 0.2) is 77.9 Å². The number of carboxylic acid groups (broad SMARTS) is 1. The third-order valence-corrected chi connectivity index (χ3v) is 10.4. The van der Waals surface area contributed by atoms with Crippen molar-refractivity contribution in [2.45, 2.75) is 32.0 Å². The van der Waals surface area contributed by atoms with E-state index in [4.69, 9.17) is 37.7 Å². The molecule has 4 N–H and O–H groups in total. The summed E-state index contributed by atoms with van der Waals surface area (Å²) in [5, 5.41) is 19.9. The van der Waals surface area contributed by atoms with Crippen LogP contribution in [0.2, 0.25) is 10.0 Å². The van der Waals surface area contributed by atoms with Crippen molar-refractivity contribution >= 4 is 40.7 Å². The molecule has 3 aromatic heterocycles. The summed E-state index contributed by atoms with van der Waals surface area (Å²) >= 11 is 14.2. The van der Waals surface area contributed by atoms with Crippen LogP contribution in [0.1, 0.15) is 24.0 Å². The maximum absolute atomic E-state index is 13.3. The van der Waals surface area contributed by atoms with E-state index in [9.17, 15) is 19.5 Å². The predicted molar refractivity (Wildman–Crippen MR) is 198 cm³/mol. The summed E-state index contributed by atoms with van der Waals surface area (Å²) in [6.07, 6.45) is 4.54. The van der Waals surface area contributed by atoms with Gasteiger partial charge in [-0.05, 0) is 30.2 Å². The van der Waals surface area contributed by atoms with E-state index < -0.39 is 11.4 Å². The van der Waals surface area contributed by atoms with Gasteiger partial charge < -0.3 is 30.5 Å². The monoisotopic (exact) mass is 742 g/mol. The zero-order valence-electron chi connectivity index (χ0n) is 28.2. The van der Waals surface area contributed by atoms with Crippen LogP contribution in [0.25, 0.3) is 39.2 Å². The highest BCUT2D eigenvalue weighted by molar-refractivity contribution is 6.39. The number of rotatable bonds is 13. The molecule has 2 saturated heterocycles. The number of aliphatic carboxylic acids is 1. The number of carbonyl (C=O) groups is 2. The highest BCUT2D eigenvalue weighted by Gasteiger charge is 2.45. The standard InChI is InChI=1S/C38H36Cl2N6O6/c1-51-35-23(15-41-18-25-9-11-32(47)44-25)8-10-30(45-35)29-7-3-6-28(34(29)40)27-5-2-4-26(33(27)39)22-12-13-46-31(14-22)43-17-24(36(46)48)16-42-19-38(37(49)50)20-52-21-38/h2-8,10,12-14,17,25,41-42H,9,11,15-16,18-21H2,1H3,(H,44,47)(H,49,50)/t25-/m1/s1. The Labute approximate surface area is 309 Å². The number of fused-ring (bicyclic) bond motifs is 1. The molecule has 52 heavy (non-hydrogen) atoms. The maximum Gasteiger partial charge on any atom is 0.315 e. The molecule has 0 unspecified atom stereocenters. The second-order valence-electron chi connectivity index (χ2n) is 13.0. The Morgan fingerprint density at radius 3 is 2.38 bits per heavy atom. The van der Waals surface area contributed by atoms with Crippen LogP contribution in [-0.2, 0) is 27.4 Å². The van der Waals surface area contributed by atoms with Crippen molar-refractivity contribution in [2.24, 2.45) is 5.41 Å². The topological polar surface area (TPSA) is 156 Å². The number of hydrogen-bond donors (Lipinski definition) is 4. The van der Waals surface area contributed by atoms with E-state index in [0.29, 0.717) is 57.9 Å². The first-order chi connectivity index (χ1) is 25.2. The maximum atomic E-state index is 13.3. The number of nitrogens with zero attached hydrogens (tertiary/aromatic N) is 3. The van der Waals surface area contributed by atoms with E-state index in [2.05, 4.69) is 20.9 Å². The first kappa shape index (κ1) is 35.5. The largest absolute Gasteiger partial charge is 0.481 e. The van der Waals surface area contributed by atoms with Crippen molar-refractivity contribution in [1.29, 1.82) is 0 Å². The molecule has 12 nitrogen and oxygen atoms in total. The third kappa shape index (κ3) is 7.00. The van der Waals surface area contributed by atoms with Crippen molar-refractivity contribution in [3.63, 3.8) is 0 Å². The molecular formula is C38H36Cl2N6O6. The number of halogens is 2. The molecule has 0 aliphatic carbocycles. The lowest BCUT2D eigenvalue weighted by molar-refractivity contribution is -0.178. The smallest absolute Gasteiger partial charge is 0.315 e. The molecular weight excluding hydrogens is 707 g/mol. The van der Waals surface area contributed by atoms with Gasteiger partial charge in [-0.25, -0.2) is 9.97 Å². The molecule has 1 amide bonds. The van der Waals surface area contributed by atoms with Gasteiger partial charge in [-0.3, -0.25) is 18.8 Å². The van der Waals surface area contributed by atoms with E-state index in [-0.39, 0.29) is 43.8 Å². The molecule has 1 atom stereocenters. The van der Waals surface area contributed by atoms with E-state index in [1.54, 1.807) is 25.4 Å². The van der Waals surface area contributed by atoms with Crippen molar-refractivity contribution in [3.8, 4) is 39.4 Å². The molecule has 0 spiro atoms. The van der Waals surface area contributed by atoms with E-state index >= 15 is 0 Å². The molecule has 2 aromatic carbocycles. The van der Waals surface area contributed by atoms with Gasteiger partial charge in [-0.1, -0.05) is 65.7 Å². The van der Waals surface area contributed by atoms with Crippen molar-refractivity contribution in [2.75, 3.05) is 33.4 Å². The molecule has 2 fully saturated rings. The highest BCUT2D eigenvalue weighted by atomic mass is 35.5. The van der Waals surface area contributed by atoms with E-state index in [1.807, 2.05) is 48.5 Å². The quantitative estimate of drug-likeness (QED) is 0.130. The van der Waals surface area contributed by atoms with Gasteiger partial charge in [0.2, 0.25) is 11.8 Å². The summed E-state index contributed by atoms with van der Waals surface area (Å²) in [6, 6.07) is 19.0. The van der Waals surface area contributed by atoms with Crippen LogP contribution in [0.5, 0.6) is 5.88 Å². The van der Waals surface area contributed by atoms with Gasteiger partial charge in [0.05, 0.1) is 36.1 Å². The summed E-state index contributed by atoms with van der Waals surface area (Å²) < 4.78 is 12.2. The summed E-state index contributed by atoms with van der Waals surface area (Å²) in [5.74, 6) is -0.364. The summed E-state index contributed by atoms with van der Waals surface area (Å²) in [4.78, 5) is 45.7. The number of amides is 1. The average Bonchev–Trinajstić information content (AvgIpc) is 3.55. The van der Waals surface area contributed by atoms with Gasteiger partial charge in [0, 0.05) is 84.4 Å². The van der Waals surface area contributed by atoms with Crippen molar-refractivity contribution in [1.82, 2.24) is 30.3 Å². The minimum Gasteiger partial charge on any atom is -0.481 e. The molecule has 5 heterocycles. The van der Waals surface area contributed by atoms with Gasteiger partial charge in [-0.15, -0.1) is 0 Å². The zero-order chi connectivity index (χ0) is 36.4. The summed E-state index contributed by atoms with van der Waals surface area (Å²) in [6.45, 7) is 1.82. The molecule has 2 aliphatic heterocycles. The fraction of sp³-hybridized carbons (Fsp3) is 0.289. The number of hydrogen-bond acceptors (Lipinski definition) is 9. The normalized spacial score (nSPS) is 16.4. The Hall–Kier alpha value is -4.85. The predicted octanol–water partition coefficient (Wildman–Crippen LogP) is 4.96. The zero-order valence-corrected chi connectivity index (χ0v) is 29.8.